The van der Waals surface area contributed by atoms with Crippen LogP contribution in [0.5, 0.6) is 0 Å². The number of allylic oxidation sites excluding steroid dienone is 1. The molecule has 0 aliphatic rings. The summed E-state index contributed by atoms with van der Waals surface area (Å²) in [6.45, 7) is 3.88. The van der Waals surface area contributed by atoms with E-state index in [1.807, 2.05) is 13.8 Å². The Kier molecular flexibility index (Phi) is 4.80. The zero-order valence-electron chi connectivity index (χ0n) is 7.78. The molecule has 0 unspecified atom stereocenters. The molecule has 0 radical (unpaired) electrons. The lowest BCUT2D eigenvalue weighted by Gasteiger charge is -2.01. The molecule has 0 fully saturated rings. The van der Waals surface area contributed by atoms with Gasteiger partial charge in [-0.15, -0.1) is 0 Å². The van der Waals surface area contributed by atoms with Gasteiger partial charge in [0.15, 0.2) is 0 Å². The second kappa shape index (κ2) is 5.35. The van der Waals surface area contributed by atoms with Crippen LogP contribution in [-0.4, -0.2) is 22.2 Å². The molecule has 0 spiro atoms. The van der Waals surface area contributed by atoms with Crippen LogP contribution in [0.25, 0.3) is 0 Å². The van der Waals surface area contributed by atoms with Crippen LogP contribution in [0.1, 0.15) is 26.7 Å². The highest BCUT2D eigenvalue weighted by Crippen LogP contribution is 2.08. The van der Waals surface area contributed by atoms with Gasteiger partial charge in [0.1, 0.15) is 0 Å². The Balaban J connectivity index is 4.32. The van der Waals surface area contributed by atoms with Crippen molar-refractivity contribution in [3.8, 4) is 0 Å². The van der Waals surface area contributed by atoms with Gasteiger partial charge >= 0.3 is 11.9 Å². The number of carbonyl (C=O) groups is 2. The van der Waals surface area contributed by atoms with E-state index in [1.54, 1.807) is 0 Å². The normalized spacial score (nSPS) is 11.8. The number of carboxylic acid groups (broad SMARTS) is 2. The summed E-state index contributed by atoms with van der Waals surface area (Å²) in [5.74, 6) is -1.93. The average molecular weight is 186 g/mol. The molecule has 0 bridgehead atoms. The predicted octanol–water partition coefficient (Wildman–Crippen LogP) is 1.52. The Morgan fingerprint density at radius 1 is 1.31 bits per heavy atom. The third-order valence-electron chi connectivity index (χ3n) is 1.45. The van der Waals surface area contributed by atoms with Crippen molar-refractivity contribution >= 4 is 11.9 Å². The van der Waals surface area contributed by atoms with Crippen molar-refractivity contribution in [3.05, 3.63) is 11.6 Å². The number of carboxylic acids is 2. The number of hydrogen-bond acceptors (Lipinski definition) is 2. The molecular formula is C9H14O4. The summed E-state index contributed by atoms with van der Waals surface area (Å²) in [5, 5.41) is 17.0. The molecule has 0 aromatic carbocycles. The van der Waals surface area contributed by atoms with Crippen molar-refractivity contribution < 1.29 is 19.8 Å². The molecule has 0 aliphatic carbocycles. The zero-order chi connectivity index (χ0) is 10.4. The van der Waals surface area contributed by atoms with Crippen LogP contribution >= 0.6 is 0 Å². The largest absolute Gasteiger partial charge is 0.481 e. The Morgan fingerprint density at radius 3 is 2.15 bits per heavy atom. The smallest absolute Gasteiger partial charge is 0.331 e. The average Bonchev–Trinajstić information content (AvgIpc) is 1.96. The van der Waals surface area contributed by atoms with Crippen LogP contribution < -0.4 is 0 Å². The second-order valence-electron chi connectivity index (χ2n) is 3.23. The first-order valence-electron chi connectivity index (χ1n) is 4.07. The van der Waals surface area contributed by atoms with Gasteiger partial charge in [-0.3, -0.25) is 4.79 Å². The molecule has 0 heterocycles. The van der Waals surface area contributed by atoms with E-state index >= 15 is 0 Å². The molecule has 13 heavy (non-hydrogen) atoms. The Morgan fingerprint density at radius 2 is 1.85 bits per heavy atom. The van der Waals surface area contributed by atoms with Crippen molar-refractivity contribution in [2.24, 2.45) is 5.92 Å². The van der Waals surface area contributed by atoms with Crippen molar-refractivity contribution in [1.82, 2.24) is 0 Å². The lowest BCUT2D eigenvalue weighted by molar-refractivity contribution is -0.139. The molecule has 74 valence electrons. The number of hydrogen-bond donors (Lipinski definition) is 2. The summed E-state index contributed by atoms with van der Waals surface area (Å²) < 4.78 is 0. The summed E-state index contributed by atoms with van der Waals surface area (Å²) in [6.07, 6.45) is 1.65. The summed E-state index contributed by atoms with van der Waals surface area (Å²) in [4.78, 5) is 20.8. The monoisotopic (exact) mass is 186 g/mol. The predicted molar refractivity (Wildman–Crippen MR) is 47.4 cm³/mol. The van der Waals surface area contributed by atoms with Crippen molar-refractivity contribution in [2.45, 2.75) is 26.7 Å². The highest BCUT2D eigenvalue weighted by molar-refractivity contribution is 5.91. The van der Waals surface area contributed by atoms with E-state index in [4.69, 9.17) is 10.2 Å². The SMILES string of the molecule is CC(C)C/C=C(/CC(=O)O)C(=O)O. The fourth-order valence-electron chi connectivity index (χ4n) is 0.776. The zero-order valence-corrected chi connectivity index (χ0v) is 7.78. The quantitative estimate of drug-likeness (QED) is 0.638. The minimum Gasteiger partial charge on any atom is -0.481 e. The molecular weight excluding hydrogens is 172 g/mol. The third-order valence-corrected chi connectivity index (χ3v) is 1.45. The Hall–Kier alpha value is -1.32. The molecule has 0 saturated heterocycles. The van der Waals surface area contributed by atoms with Crippen LogP contribution in [0.3, 0.4) is 0 Å². The van der Waals surface area contributed by atoms with Gasteiger partial charge in [0, 0.05) is 5.57 Å². The number of rotatable bonds is 5. The van der Waals surface area contributed by atoms with Gasteiger partial charge in [0.05, 0.1) is 6.42 Å². The maximum absolute atomic E-state index is 10.5. The molecule has 0 amide bonds. The summed E-state index contributed by atoms with van der Waals surface area (Å²) in [7, 11) is 0. The van der Waals surface area contributed by atoms with Gasteiger partial charge in [-0.05, 0) is 12.3 Å². The van der Waals surface area contributed by atoms with E-state index in [-0.39, 0.29) is 5.57 Å². The fourth-order valence-corrected chi connectivity index (χ4v) is 0.776. The van der Waals surface area contributed by atoms with Gasteiger partial charge in [-0.25, -0.2) is 4.79 Å². The van der Waals surface area contributed by atoms with E-state index in [1.165, 1.54) is 6.08 Å². The minimum atomic E-state index is -1.15. The van der Waals surface area contributed by atoms with Crippen LogP contribution in [0.2, 0.25) is 0 Å². The van der Waals surface area contributed by atoms with Crippen LogP contribution in [0.15, 0.2) is 11.6 Å². The standard InChI is InChI=1S/C9H14O4/c1-6(2)3-4-7(9(12)13)5-8(10)11/h4,6H,3,5H2,1-2H3,(H,10,11)(H,12,13)/b7-4-. The summed E-state index contributed by atoms with van der Waals surface area (Å²) >= 11 is 0. The van der Waals surface area contributed by atoms with E-state index in [2.05, 4.69) is 0 Å². The minimum absolute atomic E-state index is 0.0406. The maximum atomic E-state index is 10.5. The van der Waals surface area contributed by atoms with E-state index in [0.717, 1.165) is 0 Å². The first kappa shape index (κ1) is 11.7. The van der Waals surface area contributed by atoms with Gasteiger partial charge in [-0.2, -0.15) is 0 Å². The Labute approximate surface area is 76.9 Å². The molecule has 4 nitrogen and oxygen atoms in total. The summed E-state index contributed by atoms with van der Waals surface area (Å²) in [6, 6.07) is 0. The molecule has 0 atom stereocenters. The van der Waals surface area contributed by atoms with Gasteiger partial charge < -0.3 is 10.2 Å². The van der Waals surface area contributed by atoms with Crippen molar-refractivity contribution in [3.63, 3.8) is 0 Å². The van der Waals surface area contributed by atoms with Gasteiger partial charge in [-0.1, -0.05) is 19.9 Å². The lowest BCUT2D eigenvalue weighted by Crippen LogP contribution is -2.07. The molecule has 4 heteroatoms. The van der Waals surface area contributed by atoms with E-state index in [9.17, 15) is 9.59 Å². The molecule has 0 aromatic rings. The second-order valence-corrected chi connectivity index (χ2v) is 3.23. The van der Waals surface area contributed by atoms with Crippen LogP contribution in [0, 0.1) is 5.92 Å². The van der Waals surface area contributed by atoms with E-state index in [0.29, 0.717) is 12.3 Å². The highest BCUT2D eigenvalue weighted by atomic mass is 16.4. The van der Waals surface area contributed by atoms with E-state index < -0.39 is 18.4 Å². The molecule has 0 rings (SSSR count). The number of aliphatic carboxylic acids is 2. The Bertz CT molecular complexity index is 228. The molecule has 0 aromatic heterocycles. The molecule has 0 saturated carbocycles. The topological polar surface area (TPSA) is 74.6 Å². The maximum Gasteiger partial charge on any atom is 0.331 e. The van der Waals surface area contributed by atoms with Crippen LogP contribution in [-0.2, 0) is 9.59 Å². The summed E-state index contributed by atoms with van der Waals surface area (Å²) in [5.41, 5.74) is -0.0406. The van der Waals surface area contributed by atoms with Gasteiger partial charge in [0.25, 0.3) is 0 Å². The van der Waals surface area contributed by atoms with Crippen molar-refractivity contribution in [2.75, 3.05) is 0 Å². The lowest BCUT2D eigenvalue weighted by atomic mass is 10.1. The first-order valence-corrected chi connectivity index (χ1v) is 4.07. The van der Waals surface area contributed by atoms with Crippen molar-refractivity contribution in [1.29, 1.82) is 0 Å². The first-order chi connectivity index (χ1) is 5.93. The third kappa shape index (κ3) is 5.90. The van der Waals surface area contributed by atoms with Gasteiger partial charge in [0.2, 0.25) is 0 Å². The molecule has 2 N–H and O–H groups in total. The van der Waals surface area contributed by atoms with Crippen LogP contribution in [0.4, 0.5) is 0 Å². The fraction of sp³-hybridized carbons (Fsp3) is 0.556. The highest BCUT2D eigenvalue weighted by Gasteiger charge is 2.11. The molecule has 0 aliphatic heterocycles.